The molecule has 5 heterocycles. The summed E-state index contributed by atoms with van der Waals surface area (Å²) < 4.78 is 0. The Balaban J connectivity index is 0.00000336. The summed E-state index contributed by atoms with van der Waals surface area (Å²) in [5, 5.41) is 0. The summed E-state index contributed by atoms with van der Waals surface area (Å²) in [6.07, 6.45) is 7.30. The smallest absolute Gasteiger partial charge is 0.657 e. The minimum atomic E-state index is 0. The van der Waals surface area contributed by atoms with Gasteiger partial charge < -0.3 is 9.97 Å². The molecule has 8 bridgehead atoms. The van der Waals surface area contributed by atoms with Gasteiger partial charge in [0, 0.05) is 6.42 Å². The van der Waals surface area contributed by atoms with Gasteiger partial charge in [0.2, 0.25) is 0 Å². The molecule has 0 radical (unpaired) electrons. The first-order valence-corrected chi connectivity index (χ1v) is 16.6. The zero-order chi connectivity index (χ0) is 32.3. The van der Waals surface area contributed by atoms with Crippen molar-refractivity contribution in [2.75, 3.05) is 0 Å². The van der Waals surface area contributed by atoms with Crippen molar-refractivity contribution >= 4 is 45.9 Å². The first-order chi connectivity index (χ1) is 24.3. The maximum Gasteiger partial charge on any atom is 2.00 e. The molecule has 7 aromatic rings. The van der Waals surface area contributed by atoms with Crippen LogP contribution in [-0.2, 0) is 22.9 Å². The Morgan fingerprint density at radius 2 is 0.860 bits per heavy atom. The van der Waals surface area contributed by atoms with Crippen LogP contribution in [0.1, 0.15) is 28.3 Å². The Labute approximate surface area is 299 Å². The summed E-state index contributed by atoms with van der Waals surface area (Å²) in [7, 11) is 0. The quantitative estimate of drug-likeness (QED) is 0.174. The molecule has 0 saturated carbocycles. The third-order valence-corrected chi connectivity index (χ3v) is 9.65. The van der Waals surface area contributed by atoms with Crippen molar-refractivity contribution < 1.29 is 16.5 Å². The second-order valence-corrected chi connectivity index (χ2v) is 12.6. The van der Waals surface area contributed by atoms with Crippen molar-refractivity contribution in [3.63, 3.8) is 0 Å². The molecule has 0 N–H and O–H groups in total. The molecule has 1 aliphatic carbocycles. The number of hydrogen-bond donors (Lipinski definition) is 0. The van der Waals surface area contributed by atoms with Crippen molar-refractivity contribution in [1.29, 1.82) is 0 Å². The van der Waals surface area contributed by atoms with E-state index in [9.17, 15) is 0 Å². The first kappa shape index (κ1) is 30.1. The maximum absolute atomic E-state index is 5.45. The largest absolute Gasteiger partial charge is 2.00 e. The maximum atomic E-state index is 5.45. The van der Waals surface area contributed by atoms with Gasteiger partial charge in [-0.05, 0) is 73.9 Å². The van der Waals surface area contributed by atoms with Crippen LogP contribution < -0.4 is 9.97 Å². The van der Waals surface area contributed by atoms with E-state index < -0.39 is 0 Å². The molecule has 238 valence electrons. The number of nitrogens with zero attached hydrogens (tertiary/aromatic N) is 4. The van der Waals surface area contributed by atoms with E-state index in [4.69, 9.17) is 19.9 Å². The van der Waals surface area contributed by atoms with Crippen LogP contribution in [0.4, 0.5) is 0 Å². The molecule has 4 aromatic carbocycles. The average Bonchev–Trinajstić information content (AvgIpc) is 3.98. The van der Waals surface area contributed by atoms with Crippen molar-refractivity contribution in [3.05, 3.63) is 168 Å². The van der Waals surface area contributed by atoms with E-state index in [0.717, 1.165) is 90.2 Å². The molecule has 0 fully saturated rings. The van der Waals surface area contributed by atoms with E-state index in [1.165, 1.54) is 16.7 Å². The standard InChI is InChI=1S/C45H28N4.Ni/c1-4-12-28(13-5-1)41-34-20-21-35(46-34)42(29-14-6-2-7-15-29)37-24-25-39(48-37)44-33-19-11-10-18-31(33)26-32-27-40(49-45(32)44)43(30-16-8-3-9-17-30)38-23-22-36(41)47-38;/h1-25,27H,26H2;/q-2;+2. The molecule has 0 atom stereocenters. The number of hydrogen-bond acceptors (Lipinski definition) is 2. The third kappa shape index (κ3) is 4.90. The predicted molar refractivity (Wildman–Crippen MR) is 201 cm³/mol. The third-order valence-electron chi connectivity index (χ3n) is 9.65. The summed E-state index contributed by atoms with van der Waals surface area (Å²) in [5.41, 5.74) is 18.1. The van der Waals surface area contributed by atoms with Crippen LogP contribution in [-0.4, -0.2) is 9.97 Å². The number of benzene rings is 4. The minimum Gasteiger partial charge on any atom is -0.657 e. The van der Waals surface area contributed by atoms with Gasteiger partial charge in [-0.15, -0.1) is 22.1 Å². The van der Waals surface area contributed by atoms with Crippen molar-refractivity contribution in [2.45, 2.75) is 6.42 Å². The van der Waals surface area contributed by atoms with Gasteiger partial charge in [-0.25, -0.2) is 9.97 Å². The Kier molecular flexibility index (Phi) is 7.30. The molecule has 2 aliphatic heterocycles. The molecule has 5 heteroatoms. The molecule has 3 aliphatic rings. The Hall–Kier alpha value is -6.03. The Morgan fingerprint density at radius 1 is 0.420 bits per heavy atom. The monoisotopic (exact) mass is 682 g/mol. The molecule has 3 aromatic heterocycles. The van der Waals surface area contributed by atoms with Gasteiger partial charge in [0.05, 0.1) is 22.8 Å². The van der Waals surface area contributed by atoms with Gasteiger partial charge in [0.1, 0.15) is 0 Å². The molecule has 4 nitrogen and oxygen atoms in total. The summed E-state index contributed by atoms with van der Waals surface area (Å²) >= 11 is 0. The van der Waals surface area contributed by atoms with Crippen LogP contribution in [0.15, 0.2) is 140 Å². The predicted octanol–water partition coefficient (Wildman–Crippen LogP) is 10.5. The number of rotatable bonds is 3. The summed E-state index contributed by atoms with van der Waals surface area (Å²) in [6, 6.07) is 48.6. The van der Waals surface area contributed by atoms with Gasteiger partial charge in [-0.3, -0.25) is 0 Å². The number of fused-ring (bicyclic) bond motifs is 10. The molecule has 0 saturated heterocycles. The van der Waals surface area contributed by atoms with E-state index in [0.29, 0.717) is 0 Å². The van der Waals surface area contributed by atoms with Crippen molar-refractivity contribution in [2.24, 2.45) is 0 Å². The first-order valence-electron chi connectivity index (χ1n) is 16.6. The zero-order valence-corrected chi connectivity index (χ0v) is 27.8. The van der Waals surface area contributed by atoms with Gasteiger partial charge >= 0.3 is 16.5 Å². The van der Waals surface area contributed by atoms with E-state index >= 15 is 0 Å². The van der Waals surface area contributed by atoms with Crippen molar-refractivity contribution in [3.8, 4) is 44.5 Å². The average molecular weight is 683 g/mol. The van der Waals surface area contributed by atoms with E-state index in [1.54, 1.807) is 0 Å². The number of allylic oxidation sites excluding steroid dienone is 1. The second-order valence-electron chi connectivity index (χ2n) is 12.6. The summed E-state index contributed by atoms with van der Waals surface area (Å²) in [6.45, 7) is 0. The fourth-order valence-electron chi connectivity index (χ4n) is 7.46. The van der Waals surface area contributed by atoms with Crippen LogP contribution in [0.25, 0.3) is 90.4 Å². The molecule has 0 amide bonds. The van der Waals surface area contributed by atoms with Crippen LogP contribution in [0.3, 0.4) is 0 Å². The Bertz CT molecular complexity index is 2670. The molecular formula is C45H28N4Ni. The fourth-order valence-corrected chi connectivity index (χ4v) is 7.46. The van der Waals surface area contributed by atoms with Crippen LogP contribution in [0.5, 0.6) is 0 Å². The van der Waals surface area contributed by atoms with Crippen LogP contribution in [0.2, 0.25) is 0 Å². The molecule has 50 heavy (non-hydrogen) atoms. The van der Waals surface area contributed by atoms with E-state index in [1.807, 2.05) is 12.1 Å². The number of aromatic nitrogens is 4. The van der Waals surface area contributed by atoms with Gasteiger partial charge in [0.15, 0.2) is 0 Å². The van der Waals surface area contributed by atoms with Crippen molar-refractivity contribution in [1.82, 2.24) is 19.9 Å². The van der Waals surface area contributed by atoms with Gasteiger partial charge in [0.25, 0.3) is 0 Å². The van der Waals surface area contributed by atoms with Crippen LogP contribution in [0, 0.1) is 0 Å². The topological polar surface area (TPSA) is 54.0 Å². The Morgan fingerprint density at radius 3 is 1.38 bits per heavy atom. The summed E-state index contributed by atoms with van der Waals surface area (Å²) in [5.74, 6) is 0. The summed E-state index contributed by atoms with van der Waals surface area (Å²) in [4.78, 5) is 21.5. The minimum absolute atomic E-state index is 0. The SMILES string of the molecule is C1=Cc2nc1c(-c1ccccc1)c1ccc([n-]1)c(-c1ccccc1)c1nc3c(c4ccc([n-]4)c2-c2ccccc2)-c2ccccc2CC3=C1.[Ni+2]. The van der Waals surface area contributed by atoms with E-state index in [2.05, 4.69) is 146 Å². The second kappa shape index (κ2) is 12.1. The van der Waals surface area contributed by atoms with Crippen LogP contribution >= 0.6 is 0 Å². The molecule has 10 rings (SSSR count). The van der Waals surface area contributed by atoms with Gasteiger partial charge in [-0.2, -0.15) is 0 Å². The molecule has 0 unspecified atom stereocenters. The fraction of sp³-hybridized carbons (Fsp3) is 0.0222. The normalized spacial score (nSPS) is 12.6. The van der Waals surface area contributed by atoms with Gasteiger partial charge in [-0.1, -0.05) is 140 Å². The zero-order valence-electron chi connectivity index (χ0n) is 26.8. The molecule has 0 spiro atoms. The van der Waals surface area contributed by atoms with E-state index in [-0.39, 0.29) is 16.5 Å². The molecular weight excluding hydrogens is 655 g/mol.